The summed E-state index contributed by atoms with van der Waals surface area (Å²) in [5.41, 5.74) is 2.91. The molecule has 0 saturated carbocycles. The Hall–Kier alpha value is -1.68. The highest BCUT2D eigenvalue weighted by Gasteiger charge is 2.09. The van der Waals surface area contributed by atoms with Crippen molar-refractivity contribution in [2.45, 2.75) is 13.8 Å². The molecule has 92 valence electrons. The number of benzene rings is 1. The number of anilines is 1. The fraction of sp³-hybridized carbons (Fsp3) is 0.143. The van der Waals surface area contributed by atoms with Crippen LogP contribution in [-0.4, -0.2) is 10.9 Å². The van der Waals surface area contributed by atoms with Crippen LogP contribution in [0, 0.1) is 13.8 Å². The van der Waals surface area contributed by atoms with Crippen LogP contribution in [0.1, 0.15) is 21.5 Å². The molecule has 0 saturated heterocycles. The van der Waals surface area contributed by atoms with Gasteiger partial charge in [-0.25, -0.2) is 4.98 Å². The molecule has 1 N–H and O–H groups in total. The van der Waals surface area contributed by atoms with Gasteiger partial charge in [0.2, 0.25) is 0 Å². The molecule has 0 bridgehead atoms. The second kappa shape index (κ2) is 5.31. The normalized spacial score (nSPS) is 10.2. The minimum Gasteiger partial charge on any atom is -0.306 e. The Bertz CT molecular complexity index is 596. The van der Waals surface area contributed by atoms with E-state index in [9.17, 15) is 4.79 Å². The van der Waals surface area contributed by atoms with Crippen LogP contribution in [0.5, 0.6) is 0 Å². The molecule has 1 aromatic carbocycles. The number of aromatic nitrogens is 1. The Labute approximate surface area is 114 Å². The van der Waals surface area contributed by atoms with Crippen LogP contribution in [0.15, 0.2) is 41.0 Å². The molecule has 18 heavy (non-hydrogen) atoms. The molecule has 0 aliphatic carbocycles. The van der Waals surface area contributed by atoms with Gasteiger partial charge in [-0.15, -0.1) is 0 Å². The van der Waals surface area contributed by atoms with Gasteiger partial charge < -0.3 is 5.32 Å². The molecule has 0 fully saturated rings. The number of carbonyl (C=O) groups is 1. The van der Waals surface area contributed by atoms with E-state index in [0.717, 1.165) is 10.0 Å². The maximum absolute atomic E-state index is 12.1. The van der Waals surface area contributed by atoms with Gasteiger partial charge in [0.25, 0.3) is 5.91 Å². The van der Waals surface area contributed by atoms with E-state index in [1.807, 2.05) is 38.1 Å². The summed E-state index contributed by atoms with van der Waals surface area (Å²) in [7, 11) is 0. The van der Waals surface area contributed by atoms with Crippen LogP contribution >= 0.6 is 15.9 Å². The van der Waals surface area contributed by atoms with E-state index >= 15 is 0 Å². The highest BCUT2D eigenvalue weighted by atomic mass is 79.9. The lowest BCUT2D eigenvalue weighted by molar-refractivity contribution is 0.102. The first-order chi connectivity index (χ1) is 8.58. The highest BCUT2D eigenvalue weighted by Crippen LogP contribution is 2.19. The van der Waals surface area contributed by atoms with Crippen LogP contribution in [0.3, 0.4) is 0 Å². The minimum absolute atomic E-state index is 0.155. The largest absolute Gasteiger partial charge is 0.306 e. The van der Waals surface area contributed by atoms with E-state index < -0.39 is 0 Å². The average molecular weight is 305 g/mol. The summed E-state index contributed by atoms with van der Waals surface area (Å²) in [6.07, 6.45) is 1.64. The van der Waals surface area contributed by atoms with Gasteiger partial charge in [-0.1, -0.05) is 6.07 Å². The molecule has 2 aromatic rings. The molecule has 1 aromatic heterocycles. The first kappa shape index (κ1) is 12.8. The Balaban J connectivity index is 2.22. The van der Waals surface area contributed by atoms with E-state index in [4.69, 9.17) is 0 Å². The van der Waals surface area contributed by atoms with Gasteiger partial charge in [0, 0.05) is 11.8 Å². The number of carbonyl (C=O) groups excluding carboxylic acids is 1. The maximum Gasteiger partial charge on any atom is 0.256 e. The average Bonchev–Trinajstić information content (AvgIpc) is 2.35. The number of hydrogen-bond acceptors (Lipinski definition) is 2. The van der Waals surface area contributed by atoms with Gasteiger partial charge in [-0.3, -0.25) is 4.79 Å². The molecule has 0 atom stereocenters. The van der Waals surface area contributed by atoms with Crippen LogP contribution in [-0.2, 0) is 0 Å². The van der Waals surface area contributed by atoms with Gasteiger partial charge in [-0.05, 0) is 65.2 Å². The van der Waals surface area contributed by atoms with E-state index in [1.165, 1.54) is 5.56 Å². The Morgan fingerprint density at radius 2 is 2.00 bits per heavy atom. The number of rotatable bonds is 2. The molecule has 1 heterocycles. The van der Waals surface area contributed by atoms with Crippen molar-refractivity contribution in [2.24, 2.45) is 0 Å². The quantitative estimate of drug-likeness (QED) is 0.919. The third-order valence-corrected chi connectivity index (χ3v) is 3.40. The highest BCUT2D eigenvalue weighted by molar-refractivity contribution is 9.10. The van der Waals surface area contributed by atoms with Crippen molar-refractivity contribution < 1.29 is 4.79 Å². The van der Waals surface area contributed by atoms with E-state index in [-0.39, 0.29) is 5.91 Å². The van der Waals surface area contributed by atoms with E-state index in [2.05, 4.69) is 26.2 Å². The fourth-order valence-corrected chi connectivity index (χ4v) is 1.89. The predicted molar refractivity (Wildman–Crippen MR) is 75.8 cm³/mol. The lowest BCUT2D eigenvalue weighted by Gasteiger charge is -2.07. The number of nitrogens with one attached hydrogen (secondary N) is 1. The molecular weight excluding hydrogens is 292 g/mol. The molecule has 0 unspecified atom stereocenters. The number of halogens is 1. The fourth-order valence-electron chi connectivity index (χ4n) is 1.54. The zero-order valence-corrected chi connectivity index (χ0v) is 11.8. The zero-order valence-electron chi connectivity index (χ0n) is 10.2. The summed E-state index contributed by atoms with van der Waals surface area (Å²) in [5, 5.41) is 2.78. The van der Waals surface area contributed by atoms with Gasteiger partial charge in [-0.2, -0.15) is 0 Å². The third kappa shape index (κ3) is 2.76. The summed E-state index contributed by atoms with van der Waals surface area (Å²) in [6.45, 7) is 4.01. The van der Waals surface area contributed by atoms with Crippen LogP contribution in [0.25, 0.3) is 0 Å². The Kier molecular flexibility index (Phi) is 3.77. The van der Waals surface area contributed by atoms with Crippen LogP contribution in [0.2, 0.25) is 0 Å². The van der Waals surface area contributed by atoms with Crippen molar-refractivity contribution in [1.82, 2.24) is 4.98 Å². The van der Waals surface area contributed by atoms with Crippen LogP contribution in [0.4, 0.5) is 5.82 Å². The predicted octanol–water partition coefficient (Wildman–Crippen LogP) is 3.71. The minimum atomic E-state index is -0.155. The zero-order chi connectivity index (χ0) is 13.1. The first-order valence-corrected chi connectivity index (χ1v) is 6.36. The number of pyridine rings is 1. The number of amides is 1. The Morgan fingerprint density at radius 3 is 2.67 bits per heavy atom. The molecule has 3 nitrogen and oxygen atoms in total. The maximum atomic E-state index is 12.1. The summed E-state index contributed by atoms with van der Waals surface area (Å²) in [5.74, 6) is 0.373. The van der Waals surface area contributed by atoms with Crippen molar-refractivity contribution in [2.75, 3.05) is 5.32 Å². The molecule has 1 amide bonds. The van der Waals surface area contributed by atoms with Gasteiger partial charge in [0.15, 0.2) is 0 Å². The van der Waals surface area contributed by atoms with Crippen molar-refractivity contribution in [3.8, 4) is 0 Å². The molecule has 2 rings (SSSR count). The van der Waals surface area contributed by atoms with E-state index in [0.29, 0.717) is 11.4 Å². The van der Waals surface area contributed by atoms with Gasteiger partial charge in [0.1, 0.15) is 5.82 Å². The molecular formula is C14H13BrN2O. The second-order valence-corrected chi connectivity index (χ2v) is 4.94. The smallest absolute Gasteiger partial charge is 0.256 e. The monoisotopic (exact) mass is 304 g/mol. The summed E-state index contributed by atoms with van der Waals surface area (Å²) >= 11 is 3.35. The van der Waals surface area contributed by atoms with Crippen molar-refractivity contribution in [1.29, 1.82) is 0 Å². The van der Waals surface area contributed by atoms with Crippen LogP contribution < -0.4 is 5.32 Å². The topological polar surface area (TPSA) is 42.0 Å². The molecule has 0 spiro atoms. The molecule has 0 radical (unpaired) electrons. The molecule has 4 heteroatoms. The number of hydrogen-bond donors (Lipinski definition) is 1. The van der Waals surface area contributed by atoms with Crippen molar-refractivity contribution >= 4 is 27.7 Å². The third-order valence-electron chi connectivity index (χ3n) is 2.76. The van der Waals surface area contributed by atoms with Crippen molar-refractivity contribution in [3.05, 3.63) is 57.7 Å². The van der Waals surface area contributed by atoms with Gasteiger partial charge in [0.05, 0.1) is 4.47 Å². The summed E-state index contributed by atoms with van der Waals surface area (Å²) < 4.78 is 0.766. The molecule has 0 aliphatic heterocycles. The number of nitrogens with zero attached hydrogens (tertiary/aromatic N) is 1. The number of aryl methyl sites for hydroxylation is 2. The lowest BCUT2D eigenvalue weighted by atomic mass is 10.1. The Morgan fingerprint density at radius 1 is 1.22 bits per heavy atom. The van der Waals surface area contributed by atoms with Gasteiger partial charge >= 0.3 is 0 Å². The summed E-state index contributed by atoms with van der Waals surface area (Å²) in [6, 6.07) is 9.27. The summed E-state index contributed by atoms with van der Waals surface area (Å²) in [4.78, 5) is 16.2. The standard InChI is InChI=1S/C14H13BrN2O/c1-9-5-6-11(8-10(9)2)14(18)17-13-12(15)4-3-7-16-13/h3-8H,1-2H3,(H,16,17,18). The van der Waals surface area contributed by atoms with E-state index in [1.54, 1.807) is 12.3 Å². The molecule has 0 aliphatic rings. The second-order valence-electron chi connectivity index (χ2n) is 4.09. The SMILES string of the molecule is Cc1ccc(C(=O)Nc2ncccc2Br)cc1C. The van der Waals surface area contributed by atoms with Crippen molar-refractivity contribution in [3.63, 3.8) is 0 Å². The lowest BCUT2D eigenvalue weighted by Crippen LogP contribution is -2.13. The first-order valence-electron chi connectivity index (χ1n) is 5.57.